The Morgan fingerprint density at radius 3 is 2.52 bits per heavy atom. The molecule has 0 saturated heterocycles. The highest BCUT2D eigenvalue weighted by atomic mass is 16.2. The van der Waals surface area contributed by atoms with Gasteiger partial charge in [-0.15, -0.1) is 0 Å². The van der Waals surface area contributed by atoms with Crippen LogP contribution in [0.2, 0.25) is 0 Å². The van der Waals surface area contributed by atoms with Crippen LogP contribution in [-0.4, -0.2) is 34.0 Å². The van der Waals surface area contributed by atoms with Crippen molar-refractivity contribution in [2.45, 2.75) is 46.0 Å². The minimum absolute atomic E-state index is 0.0345. The Hall–Kier alpha value is -1.98. The molecule has 1 heterocycles. The van der Waals surface area contributed by atoms with Crippen LogP contribution < -0.4 is 5.32 Å². The van der Waals surface area contributed by atoms with Crippen LogP contribution in [0.3, 0.4) is 0 Å². The van der Waals surface area contributed by atoms with Crippen molar-refractivity contribution in [2.24, 2.45) is 5.92 Å². The summed E-state index contributed by atoms with van der Waals surface area (Å²) in [7, 11) is 0. The average molecular weight is 293 g/mol. The van der Waals surface area contributed by atoms with Crippen LogP contribution in [0, 0.1) is 5.92 Å². The molecule has 0 aliphatic rings. The highest BCUT2D eigenvalue weighted by Crippen LogP contribution is 2.05. The zero-order chi connectivity index (χ0) is 15.7. The highest BCUT2D eigenvalue weighted by Gasteiger charge is 2.11. The van der Waals surface area contributed by atoms with Gasteiger partial charge in [-0.25, -0.2) is 4.98 Å². The number of H-pyrrole nitrogens is 1. The van der Waals surface area contributed by atoms with E-state index in [9.17, 15) is 14.4 Å². The summed E-state index contributed by atoms with van der Waals surface area (Å²) in [6.07, 6.45) is 4.87. The topological polar surface area (TPSA) is 91.9 Å². The molecule has 1 amide bonds. The van der Waals surface area contributed by atoms with Crippen molar-refractivity contribution in [3.8, 4) is 0 Å². The molecule has 1 rings (SSSR count). The second-order valence-corrected chi connectivity index (χ2v) is 5.34. The van der Waals surface area contributed by atoms with Gasteiger partial charge in [0.15, 0.2) is 0 Å². The second-order valence-electron chi connectivity index (χ2n) is 5.34. The van der Waals surface area contributed by atoms with Gasteiger partial charge in [-0.05, 0) is 0 Å². The zero-order valence-electron chi connectivity index (χ0n) is 12.6. The standard InChI is InChI=1S/C15H23N3O3/c1-11(2)14(20)5-3-13(19)4-6-15(21)17-8-7-12-9-16-10-18-12/h9-11H,3-8H2,1-2H3,(H,16,18)(H,17,21). The van der Waals surface area contributed by atoms with Crippen LogP contribution in [0.25, 0.3) is 0 Å². The van der Waals surface area contributed by atoms with E-state index in [-0.39, 0.29) is 49.1 Å². The van der Waals surface area contributed by atoms with Crippen LogP contribution in [-0.2, 0) is 20.8 Å². The third-order valence-corrected chi connectivity index (χ3v) is 3.20. The molecule has 0 fully saturated rings. The van der Waals surface area contributed by atoms with Gasteiger partial charge in [0.25, 0.3) is 0 Å². The molecule has 1 aromatic rings. The Balaban J connectivity index is 2.09. The minimum Gasteiger partial charge on any atom is -0.356 e. The van der Waals surface area contributed by atoms with Crippen molar-refractivity contribution in [3.63, 3.8) is 0 Å². The molecular formula is C15H23N3O3. The number of imidazole rings is 1. The quantitative estimate of drug-likeness (QED) is 0.682. The smallest absolute Gasteiger partial charge is 0.220 e. The molecule has 0 spiro atoms. The van der Waals surface area contributed by atoms with Gasteiger partial charge in [0.1, 0.15) is 11.6 Å². The van der Waals surface area contributed by atoms with E-state index in [1.54, 1.807) is 12.5 Å². The number of nitrogens with one attached hydrogen (secondary N) is 2. The van der Waals surface area contributed by atoms with E-state index in [4.69, 9.17) is 0 Å². The number of ketones is 2. The number of carbonyl (C=O) groups is 3. The van der Waals surface area contributed by atoms with E-state index >= 15 is 0 Å². The molecule has 0 aromatic carbocycles. The maximum absolute atomic E-state index is 11.6. The van der Waals surface area contributed by atoms with Gasteiger partial charge in [-0.1, -0.05) is 13.8 Å². The molecule has 1 aromatic heterocycles. The van der Waals surface area contributed by atoms with E-state index in [1.807, 2.05) is 13.8 Å². The summed E-state index contributed by atoms with van der Waals surface area (Å²) in [6.45, 7) is 4.15. The second kappa shape index (κ2) is 9.05. The predicted octanol–water partition coefficient (Wildman–Crippen LogP) is 1.42. The molecule has 2 N–H and O–H groups in total. The molecule has 6 nitrogen and oxygen atoms in total. The summed E-state index contributed by atoms with van der Waals surface area (Å²) >= 11 is 0. The number of rotatable bonds is 10. The van der Waals surface area contributed by atoms with Crippen LogP contribution in [0.15, 0.2) is 12.5 Å². The normalized spacial score (nSPS) is 10.6. The van der Waals surface area contributed by atoms with E-state index in [1.165, 1.54) is 0 Å². The van der Waals surface area contributed by atoms with Crippen molar-refractivity contribution < 1.29 is 14.4 Å². The summed E-state index contributed by atoms with van der Waals surface area (Å²) in [5.74, 6) is -0.123. The van der Waals surface area contributed by atoms with Crippen LogP contribution >= 0.6 is 0 Å². The molecular weight excluding hydrogens is 270 g/mol. The SMILES string of the molecule is CC(C)C(=O)CCC(=O)CCC(=O)NCCc1cnc[nH]1. The van der Waals surface area contributed by atoms with Crippen LogP contribution in [0.5, 0.6) is 0 Å². The zero-order valence-corrected chi connectivity index (χ0v) is 12.6. The lowest BCUT2D eigenvalue weighted by Crippen LogP contribution is -2.26. The number of amides is 1. The third-order valence-electron chi connectivity index (χ3n) is 3.20. The first-order chi connectivity index (χ1) is 9.99. The van der Waals surface area contributed by atoms with Crippen molar-refractivity contribution in [1.29, 1.82) is 0 Å². The van der Waals surface area contributed by atoms with Gasteiger partial charge in [-0.2, -0.15) is 0 Å². The summed E-state index contributed by atoms with van der Waals surface area (Å²) in [5.41, 5.74) is 0.957. The molecule has 0 aliphatic carbocycles. The van der Waals surface area contributed by atoms with Gasteiger partial charge in [-0.3, -0.25) is 14.4 Å². The molecule has 0 unspecified atom stereocenters. The van der Waals surface area contributed by atoms with Gasteiger partial charge in [0.2, 0.25) is 5.91 Å². The lowest BCUT2D eigenvalue weighted by atomic mass is 10.0. The van der Waals surface area contributed by atoms with Gasteiger partial charge in [0, 0.05) is 56.5 Å². The fourth-order valence-electron chi connectivity index (χ4n) is 1.78. The highest BCUT2D eigenvalue weighted by molar-refractivity contribution is 5.89. The van der Waals surface area contributed by atoms with Gasteiger partial charge in [0.05, 0.1) is 6.33 Å². The molecule has 6 heteroatoms. The summed E-state index contributed by atoms with van der Waals surface area (Å²) < 4.78 is 0. The van der Waals surface area contributed by atoms with Crippen molar-refractivity contribution in [3.05, 3.63) is 18.2 Å². The first-order valence-corrected chi connectivity index (χ1v) is 7.27. The molecule has 0 saturated carbocycles. The number of aromatic nitrogens is 2. The van der Waals surface area contributed by atoms with Crippen LogP contribution in [0.1, 0.15) is 45.2 Å². The first kappa shape index (κ1) is 17.1. The fourth-order valence-corrected chi connectivity index (χ4v) is 1.78. The predicted molar refractivity (Wildman–Crippen MR) is 78.6 cm³/mol. The largest absolute Gasteiger partial charge is 0.356 e. The van der Waals surface area contributed by atoms with E-state index in [0.717, 1.165) is 5.69 Å². The molecule has 0 bridgehead atoms. The van der Waals surface area contributed by atoms with Crippen molar-refractivity contribution >= 4 is 17.5 Å². The van der Waals surface area contributed by atoms with E-state index in [0.29, 0.717) is 13.0 Å². The van der Waals surface area contributed by atoms with Crippen LogP contribution in [0.4, 0.5) is 0 Å². The third kappa shape index (κ3) is 7.39. The average Bonchev–Trinajstić information content (AvgIpc) is 2.95. The number of Topliss-reactive ketones (excluding diaryl/α,β-unsaturated/α-hetero) is 2. The molecule has 0 atom stereocenters. The van der Waals surface area contributed by atoms with Crippen molar-refractivity contribution in [1.82, 2.24) is 15.3 Å². The number of aromatic amines is 1. The Bertz CT molecular complexity index is 467. The maximum Gasteiger partial charge on any atom is 0.220 e. The summed E-state index contributed by atoms with van der Waals surface area (Å²) in [4.78, 5) is 41.4. The Kier molecular flexibility index (Phi) is 7.36. The monoisotopic (exact) mass is 293 g/mol. The molecule has 0 aliphatic heterocycles. The minimum atomic E-state index is -0.141. The fraction of sp³-hybridized carbons (Fsp3) is 0.600. The number of nitrogens with zero attached hydrogens (tertiary/aromatic N) is 1. The number of carbonyl (C=O) groups excluding carboxylic acids is 3. The first-order valence-electron chi connectivity index (χ1n) is 7.27. The Labute approximate surface area is 124 Å². The molecule has 0 radical (unpaired) electrons. The Morgan fingerprint density at radius 1 is 1.19 bits per heavy atom. The molecule has 116 valence electrons. The van der Waals surface area contributed by atoms with Gasteiger partial charge >= 0.3 is 0 Å². The van der Waals surface area contributed by atoms with Gasteiger partial charge < -0.3 is 10.3 Å². The summed E-state index contributed by atoms with van der Waals surface area (Å²) in [5, 5.41) is 2.75. The maximum atomic E-state index is 11.6. The Morgan fingerprint density at radius 2 is 1.90 bits per heavy atom. The lowest BCUT2D eigenvalue weighted by molar-refractivity contribution is -0.127. The number of hydrogen-bond acceptors (Lipinski definition) is 4. The lowest BCUT2D eigenvalue weighted by Gasteiger charge is -2.05. The molecule has 21 heavy (non-hydrogen) atoms. The summed E-state index contributed by atoms with van der Waals surface area (Å²) in [6, 6.07) is 0. The van der Waals surface area contributed by atoms with E-state index in [2.05, 4.69) is 15.3 Å². The van der Waals surface area contributed by atoms with E-state index < -0.39 is 0 Å². The van der Waals surface area contributed by atoms with Crippen molar-refractivity contribution in [2.75, 3.05) is 6.54 Å². The number of hydrogen-bond donors (Lipinski definition) is 2.